The predicted molar refractivity (Wildman–Crippen MR) is 105 cm³/mol. The molecule has 5 heteroatoms. The van der Waals surface area contributed by atoms with Crippen LogP contribution in [-0.4, -0.2) is 11.1 Å². The Labute approximate surface area is 159 Å². The first kappa shape index (κ1) is 18.7. The van der Waals surface area contributed by atoms with Crippen LogP contribution in [0, 0.1) is 20.8 Å². The maximum atomic E-state index is 12.6. The van der Waals surface area contributed by atoms with Crippen LogP contribution in [0.15, 0.2) is 47.0 Å². The fraction of sp³-hybridized carbons (Fsp3) is 0.273. The topological polar surface area (TPSA) is 64.4 Å². The number of hydrogen-bond acceptors (Lipinski definition) is 4. The number of rotatable bonds is 6. The number of carbonyl (C=O) groups is 1. The van der Waals surface area contributed by atoms with E-state index < -0.39 is 0 Å². The van der Waals surface area contributed by atoms with Crippen LogP contribution in [0.5, 0.6) is 5.75 Å². The molecule has 1 heterocycles. The van der Waals surface area contributed by atoms with Crippen molar-refractivity contribution in [1.29, 1.82) is 0 Å². The van der Waals surface area contributed by atoms with Crippen molar-refractivity contribution < 1.29 is 14.1 Å². The Balaban J connectivity index is 1.74. The van der Waals surface area contributed by atoms with Crippen LogP contribution < -0.4 is 10.1 Å². The zero-order chi connectivity index (χ0) is 19.4. The van der Waals surface area contributed by atoms with Crippen molar-refractivity contribution >= 4 is 11.6 Å². The Morgan fingerprint density at radius 1 is 1.11 bits per heavy atom. The molecule has 0 unspecified atom stereocenters. The minimum Gasteiger partial charge on any atom is -0.488 e. The summed E-state index contributed by atoms with van der Waals surface area (Å²) < 4.78 is 11.1. The standard InChI is InChI=1S/C22H24N2O3/c1-5-17-7-9-18(10-8-17)23-22(25)21-19(16(4)27-24-21)13-26-20-11-6-14(2)12-15(20)3/h6-12H,5,13H2,1-4H3,(H,23,25). The largest absolute Gasteiger partial charge is 0.488 e. The molecule has 0 radical (unpaired) electrons. The maximum Gasteiger partial charge on any atom is 0.278 e. The zero-order valence-corrected chi connectivity index (χ0v) is 16.1. The molecule has 3 aromatic rings. The summed E-state index contributed by atoms with van der Waals surface area (Å²) in [6.07, 6.45) is 0.955. The molecule has 0 saturated carbocycles. The van der Waals surface area contributed by atoms with E-state index in [0.29, 0.717) is 11.3 Å². The van der Waals surface area contributed by atoms with Gasteiger partial charge in [-0.25, -0.2) is 0 Å². The Morgan fingerprint density at radius 3 is 2.52 bits per heavy atom. The second-order valence-electron chi connectivity index (χ2n) is 6.63. The van der Waals surface area contributed by atoms with Crippen molar-refractivity contribution in [2.75, 3.05) is 5.32 Å². The average Bonchev–Trinajstić information content (AvgIpc) is 3.02. The van der Waals surface area contributed by atoms with E-state index in [1.54, 1.807) is 6.92 Å². The summed E-state index contributed by atoms with van der Waals surface area (Å²) in [4.78, 5) is 12.6. The third-order valence-corrected chi connectivity index (χ3v) is 4.52. The van der Waals surface area contributed by atoms with Crippen molar-refractivity contribution in [3.05, 3.63) is 76.2 Å². The number of aromatic nitrogens is 1. The Hall–Kier alpha value is -3.08. The highest BCUT2D eigenvalue weighted by Gasteiger charge is 2.20. The van der Waals surface area contributed by atoms with Crippen LogP contribution in [-0.2, 0) is 13.0 Å². The predicted octanol–water partition coefficient (Wildman–Crippen LogP) is 4.99. The molecule has 0 aliphatic rings. The van der Waals surface area contributed by atoms with Gasteiger partial charge in [0, 0.05) is 5.69 Å². The number of benzene rings is 2. The van der Waals surface area contributed by atoms with Crippen molar-refractivity contribution in [1.82, 2.24) is 5.16 Å². The highest BCUT2D eigenvalue weighted by atomic mass is 16.5. The number of hydrogen-bond donors (Lipinski definition) is 1. The Kier molecular flexibility index (Phi) is 5.60. The molecule has 27 heavy (non-hydrogen) atoms. The molecule has 0 atom stereocenters. The first-order valence-electron chi connectivity index (χ1n) is 9.03. The maximum absolute atomic E-state index is 12.6. The van der Waals surface area contributed by atoms with Gasteiger partial charge in [-0.3, -0.25) is 4.79 Å². The number of nitrogens with zero attached hydrogens (tertiary/aromatic N) is 1. The summed E-state index contributed by atoms with van der Waals surface area (Å²) >= 11 is 0. The van der Waals surface area contributed by atoms with Crippen LogP contribution in [0.3, 0.4) is 0 Å². The molecular weight excluding hydrogens is 340 g/mol. The van der Waals surface area contributed by atoms with E-state index >= 15 is 0 Å². The third-order valence-electron chi connectivity index (χ3n) is 4.52. The van der Waals surface area contributed by atoms with Crippen molar-refractivity contribution in [2.45, 2.75) is 40.7 Å². The minimum atomic E-state index is -0.310. The molecule has 0 aliphatic heterocycles. The molecule has 140 valence electrons. The quantitative estimate of drug-likeness (QED) is 0.669. The molecule has 5 nitrogen and oxygen atoms in total. The van der Waals surface area contributed by atoms with E-state index in [2.05, 4.69) is 23.5 Å². The van der Waals surface area contributed by atoms with E-state index in [4.69, 9.17) is 9.26 Å². The Bertz CT molecular complexity index is 943. The van der Waals surface area contributed by atoms with Crippen molar-refractivity contribution in [3.63, 3.8) is 0 Å². The second kappa shape index (κ2) is 8.08. The summed E-state index contributed by atoms with van der Waals surface area (Å²) in [5.41, 5.74) is 5.06. The lowest BCUT2D eigenvalue weighted by atomic mass is 10.1. The van der Waals surface area contributed by atoms with E-state index in [1.165, 1.54) is 11.1 Å². The summed E-state index contributed by atoms with van der Waals surface area (Å²) in [6.45, 7) is 8.12. The number of ether oxygens (including phenoxy) is 1. The van der Waals surface area contributed by atoms with Gasteiger partial charge in [-0.05, 0) is 56.5 Å². The van der Waals surface area contributed by atoms with Gasteiger partial charge in [0.25, 0.3) is 5.91 Å². The summed E-state index contributed by atoms with van der Waals surface area (Å²) in [5.74, 6) is 1.05. The highest BCUT2D eigenvalue weighted by molar-refractivity contribution is 6.03. The molecule has 1 N–H and O–H groups in total. The van der Waals surface area contributed by atoms with Crippen molar-refractivity contribution in [3.8, 4) is 5.75 Å². The van der Waals surface area contributed by atoms with E-state index in [1.807, 2.05) is 50.2 Å². The lowest BCUT2D eigenvalue weighted by Gasteiger charge is -2.10. The summed E-state index contributed by atoms with van der Waals surface area (Å²) in [5, 5.41) is 6.79. The molecule has 3 rings (SSSR count). The zero-order valence-electron chi connectivity index (χ0n) is 16.1. The van der Waals surface area contributed by atoms with E-state index in [9.17, 15) is 4.79 Å². The monoisotopic (exact) mass is 364 g/mol. The molecule has 0 spiro atoms. The number of nitrogens with one attached hydrogen (secondary N) is 1. The fourth-order valence-electron chi connectivity index (χ4n) is 2.86. The van der Waals surface area contributed by atoms with E-state index in [0.717, 1.165) is 23.4 Å². The third kappa shape index (κ3) is 4.37. The lowest BCUT2D eigenvalue weighted by Crippen LogP contribution is -2.15. The van der Waals surface area contributed by atoms with Crippen LogP contribution in [0.4, 0.5) is 5.69 Å². The number of aryl methyl sites for hydroxylation is 4. The minimum absolute atomic E-state index is 0.219. The molecule has 0 aliphatic carbocycles. The molecule has 1 aromatic heterocycles. The van der Waals surface area contributed by atoms with Gasteiger partial charge in [0.1, 0.15) is 18.1 Å². The lowest BCUT2D eigenvalue weighted by molar-refractivity contribution is 0.101. The second-order valence-corrected chi connectivity index (χ2v) is 6.63. The number of amides is 1. The van der Waals surface area contributed by atoms with Gasteiger partial charge in [-0.15, -0.1) is 0 Å². The van der Waals surface area contributed by atoms with Gasteiger partial charge in [0.2, 0.25) is 0 Å². The molecule has 0 fully saturated rings. The summed E-state index contributed by atoms with van der Waals surface area (Å²) in [7, 11) is 0. The van der Waals surface area contributed by atoms with Gasteiger partial charge in [-0.2, -0.15) is 0 Å². The first-order chi connectivity index (χ1) is 13.0. The SMILES string of the molecule is CCc1ccc(NC(=O)c2noc(C)c2COc2ccc(C)cc2C)cc1. The van der Waals surface area contributed by atoms with Gasteiger partial charge in [-0.1, -0.05) is 41.9 Å². The van der Waals surface area contributed by atoms with Gasteiger partial charge < -0.3 is 14.6 Å². The van der Waals surface area contributed by atoms with Crippen LogP contribution in [0.25, 0.3) is 0 Å². The molecule has 2 aromatic carbocycles. The van der Waals surface area contributed by atoms with Gasteiger partial charge >= 0.3 is 0 Å². The van der Waals surface area contributed by atoms with Crippen LogP contribution in [0.1, 0.15) is 45.4 Å². The summed E-state index contributed by atoms with van der Waals surface area (Å²) in [6, 6.07) is 13.7. The van der Waals surface area contributed by atoms with Crippen molar-refractivity contribution in [2.24, 2.45) is 0 Å². The Morgan fingerprint density at radius 2 is 1.85 bits per heavy atom. The molecular formula is C22H24N2O3. The normalized spacial score (nSPS) is 10.7. The molecule has 0 bridgehead atoms. The van der Waals surface area contributed by atoms with Crippen LogP contribution >= 0.6 is 0 Å². The molecule has 1 amide bonds. The fourth-order valence-corrected chi connectivity index (χ4v) is 2.86. The number of carbonyl (C=O) groups excluding carboxylic acids is 1. The number of anilines is 1. The highest BCUT2D eigenvalue weighted by Crippen LogP contribution is 2.23. The average molecular weight is 364 g/mol. The van der Waals surface area contributed by atoms with Gasteiger partial charge in [0.05, 0.1) is 5.56 Å². The molecule has 0 saturated heterocycles. The van der Waals surface area contributed by atoms with Crippen LogP contribution in [0.2, 0.25) is 0 Å². The van der Waals surface area contributed by atoms with Gasteiger partial charge in [0.15, 0.2) is 5.69 Å². The van der Waals surface area contributed by atoms with E-state index in [-0.39, 0.29) is 18.2 Å². The smallest absolute Gasteiger partial charge is 0.278 e. The first-order valence-corrected chi connectivity index (χ1v) is 9.03.